The minimum absolute atomic E-state index is 0.330. The van der Waals surface area contributed by atoms with Crippen LogP contribution in [0.15, 0.2) is 70.5 Å². The number of likely N-dealkylation sites (N-methyl/N-ethyl adjacent to an activating group) is 1. The smallest absolute Gasteiger partial charge is 0.208 e. The van der Waals surface area contributed by atoms with E-state index in [9.17, 15) is 8.42 Å². The van der Waals surface area contributed by atoms with Gasteiger partial charge in [0.1, 0.15) is 5.75 Å². The van der Waals surface area contributed by atoms with E-state index >= 15 is 0 Å². The van der Waals surface area contributed by atoms with Crippen LogP contribution in [0, 0.1) is 0 Å². The van der Waals surface area contributed by atoms with Gasteiger partial charge in [0.15, 0.2) is 0 Å². The third-order valence-electron chi connectivity index (χ3n) is 6.45. The molecule has 0 spiro atoms. The number of sulfone groups is 1. The highest BCUT2D eigenvalue weighted by atomic mass is 32.2. The van der Waals surface area contributed by atoms with Crippen LogP contribution in [0.1, 0.15) is 29.2 Å². The summed E-state index contributed by atoms with van der Waals surface area (Å²) < 4.78 is 32.9. The number of fused-ring (bicyclic) bond motifs is 1. The van der Waals surface area contributed by atoms with Crippen LogP contribution in [0.4, 0.5) is 5.69 Å². The van der Waals surface area contributed by atoms with Crippen molar-refractivity contribution in [2.24, 2.45) is 0 Å². The van der Waals surface area contributed by atoms with Crippen molar-refractivity contribution in [3.05, 3.63) is 82.9 Å². The lowest BCUT2D eigenvalue weighted by Crippen LogP contribution is -2.20. The molecule has 1 aliphatic heterocycles. The summed E-state index contributed by atoms with van der Waals surface area (Å²) in [5.74, 6) is 0.858. The molecule has 180 valence electrons. The lowest BCUT2D eigenvalue weighted by atomic mass is 10.0. The first-order valence-corrected chi connectivity index (χ1v) is 13.3. The van der Waals surface area contributed by atoms with Gasteiger partial charge in [-0.25, -0.2) is 8.42 Å². The second-order valence-electron chi connectivity index (χ2n) is 9.19. The third kappa shape index (κ3) is 5.29. The summed E-state index contributed by atoms with van der Waals surface area (Å²) in [5.41, 5.74) is 5.37. The average molecular weight is 479 g/mol. The first-order chi connectivity index (χ1) is 16.3. The van der Waals surface area contributed by atoms with E-state index in [0.717, 1.165) is 60.5 Å². The van der Waals surface area contributed by atoms with Crippen LogP contribution >= 0.6 is 0 Å². The van der Waals surface area contributed by atoms with E-state index in [1.807, 2.05) is 68.4 Å². The summed E-state index contributed by atoms with van der Waals surface area (Å²) in [6.45, 7) is 4.54. The Bertz CT molecular complexity index is 1230. The average Bonchev–Trinajstić information content (AvgIpc) is 3.01. The van der Waals surface area contributed by atoms with Gasteiger partial charge in [-0.15, -0.1) is 0 Å². The molecule has 0 unspecified atom stereocenters. The van der Waals surface area contributed by atoms with E-state index in [1.54, 1.807) is 12.1 Å². The van der Waals surface area contributed by atoms with Crippen molar-refractivity contribution in [1.82, 2.24) is 4.90 Å². The summed E-state index contributed by atoms with van der Waals surface area (Å²) >= 11 is 0. The first kappa shape index (κ1) is 24.3. The van der Waals surface area contributed by atoms with Gasteiger partial charge in [-0.2, -0.15) is 0 Å². The van der Waals surface area contributed by atoms with Crippen LogP contribution in [0.25, 0.3) is 0 Å². The van der Waals surface area contributed by atoms with Crippen LogP contribution in [-0.4, -0.2) is 54.2 Å². The molecule has 0 amide bonds. The molecule has 0 radical (unpaired) electrons. The van der Waals surface area contributed by atoms with Gasteiger partial charge in [-0.05, 0) is 91.9 Å². The Morgan fingerprint density at radius 2 is 1.44 bits per heavy atom. The number of benzene rings is 3. The molecule has 0 saturated heterocycles. The lowest BCUT2D eigenvalue weighted by Gasteiger charge is -2.21. The van der Waals surface area contributed by atoms with E-state index in [2.05, 4.69) is 18.0 Å². The fourth-order valence-corrected chi connectivity index (χ4v) is 6.00. The topological polar surface area (TPSA) is 49.9 Å². The zero-order chi connectivity index (χ0) is 24.3. The summed E-state index contributed by atoms with van der Waals surface area (Å²) in [5, 5.41) is 0. The number of ether oxygens (including phenoxy) is 1. The quantitative estimate of drug-likeness (QED) is 0.497. The van der Waals surface area contributed by atoms with Gasteiger partial charge >= 0.3 is 0 Å². The van der Waals surface area contributed by atoms with E-state index in [-0.39, 0.29) is 0 Å². The molecule has 34 heavy (non-hydrogen) atoms. The molecule has 0 N–H and O–H groups in total. The molecule has 3 aromatic carbocycles. The number of hydrogen-bond acceptors (Lipinski definition) is 5. The molecule has 0 saturated carbocycles. The number of nitrogens with zero attached hydrogens (tertiary/aromatic N) is 2. The van der Waals surface area contributed by atoms with Gasteiger partial charge in [-0.3, -0.25) is 0 Å². The molecule has 0 fully saturated rings. The third-order valence-corrected chi connectivity index (χ3v) is 8.25. The van der Waals surface area contributed by atoms with Crippen molar-refractivity contribution >= 4 is 15.5 Å². The van der Waals surface area contributed by atoms with Crippen molar-refractivity contribution in [3.8, 4) is 5.75 Å². The molecular weight excluding hydrogens is 444 g/mol. The van der Waals surface area contributed by atoms with Crippen molar-refractivity contribution < 1.29 is 13.2 Å². The van der Waals surface area contributed by atoms with Crippen LogP contribution in [0.5, 0.6) is 5.75 Å². The Balaban J connectivity index is 1.61. The highest BCUT2D eigenvalue weighted by Gasteiger charge is 2.25. The largest absolute Gasteiger partial charge is 0.494 e. The molecular formula is C28H34N2O3S. The summed E-state index contributed by atoms with van der Waals surface area (Å²) in [6.07, 6.45) is 2.54. The van der Waals surface area contributed by atoms with Crippen LogP contribution in [0.2, 0.25) is 0 Å². The lowest BCUT2D eigenvalue weighted by molar-refractivity contribution is 0.340. The van der Waals surface area contributed by atoms with Gasteiger partial charge < -0.3 is 14.5 Å². The van der Waals surface area contributed by atoms with E-state index < -0.39 is 9.84 Å². The predicted molar refractivity (Wildman–Crippen MR) is 138 cm³/mol. The molecule has 5 nitrogen and oxygen atoms in total. The molecule has 4 rings (SSSR count). The molecule has 0 atom stereocenters. The van der Waals surface area contributed by atoms with Crippen molar-refractivity contribution in [2.75, 3.05) is 45.7 Å². The Kier molecular flexibility index (Phi) is 7.29. The van der Waals surface area contributed by atoms with E-state index in [1.165, 1.54) is 5.56 Å². The molecule has 0 bridgehead atoms. The summed E-state index contributed by atoms with van der Waals surface area (Å²) in [4.78, 5) is 4.92. The highest BCUT2D eigenvalue weighted by molar-refractivity contribution is 7.91. The maximum absolute atomic E-state index is 13.7. The molecule has 3 aromatic rings. The van der Waals surface area contributed by atoms with Crippen molar-refractivity contribution in [3.63, 3.8) is 0 Å². The Morgan fingerprint density at radius 3 is 2.00 bits per heavy atom. The molecule has 0 aromatic heterocycles. The van der Waals surface area contributed by atoms with Crippen LogP contribution in [0.3, 0.4) is 0 Å². The van der Waals surface area contributed by atoms with Gasteiger partial charge in [0.05, 0.1) is 22.1 Å². The predicted octanol–water partition coefficient (Wildman–Crippen LogP) is 4.61. The monoisotopic (exact) mass is 478 g/mol. The zero-order valence-electron chi connectivity index (χ0n) is 20.5. The van der Waals surface area contributed by atoms with E-state index in [4.69, 9.17) is 4.74 Å². The SMILES string of the molecule is CCOc1ccc(Cc2ccc(S(=O)(=O)c3cc4c(cc3N(C)C)CCN(C)CC4)cc2)cc1. The number of hydrogen-bond donors (Lipinski definition) is 0. The second-order valence-corrected chi connectivity index (χ2v) is 11.1. The Labute approximate surface area is 203 Å². The number of anilines is 1. The highest BCUT2D eigenvalue weighted by Crippen LogP contribution is 2.34. The van der Waals surface area contributed by atoms with E-state index in [0.29, 0.717) is 16.4 Å². The van der Waals surface area contributed by atoms with Gasteiger partial charge in [0.25, 0.3) is 0 Å². The van der Waals surface area contributed by atoms with Gasteiger partial charge in [-0.1, -0.05) is 24.3 Å². The van der Waals surface area contributed by atoms with Crippen LogP contribution < -0.4 is 9.64 Å². The first-order valence-electron chi connectivity index (χ1n) is 11.9. The van der Waals surface area contributed by atoms with Gasteiger partial charge in [0, 0.05) is 27.2 Å². The Morgan fingerprint density at radius 1 is 0.882 bits per heavy atom. The molecule has 1 aliphatic rings. The maximum Gasteiger partial charge on any atom is 0.208 e. The minimum atomic E-state index is -3.65. The summed E-state index contributed by atoms with van der Waals surface area (Å²) in [7, 11) is 2.28. The normalized spacial score (nSPS) is 14.4. The van der Waals surface area contributed by atoms with Crippen LogP contribution in [-0.2, 0) is 29.1 Å². The second kappa shape index (κ2) is 10.2. The zero-order valence-corrected chi connectivity index (χ0v) is 21.4. The fourth-order valence-electron chi connectivity index (χ4n) is 4.44. The van der Waals surface area contributed by atoms with Crippen molar-refractivity contribution in [1.29, 1.82) is 0 Å². The maximum atomic E-state index is 13.7. The molecule has 0 aliphatic carbocycles. The Hall–Kier alpha value is -2.83. The molecule has 6 heteroatoms. The fraction of sp³-hybridized carbons (Fsp3) is 0.357. The number of rotatable bonds is 7. The standard InChI is InChI=1S/C28H34N2O3S/c1-5-33-25-10-6-21(7-11-25)18-22-8-12-26(13-9-22)34(31,32)28-20-24-15-17-30(4)16-14-23(24)19-27(28)29(2)3/h6-13,19-20H,5,14-18H2,1-4H3. The minimum Gasteiger partial charge on any atom is -0.494 e. The van der Waals surface area contributed by atoms with Gasteiger partial charge in [0.2, 0.25) is 9.84 Å². The van der Waals surface area contributed by atoms with Crippen molar-refractivity contribution in [2.45, 2.75) is 36.0 Å². The molecule has 1 heterocycles. The summed E-state index contributed by atoms with van der Waals surface area (Å²) in [6, 6.07) is 19.3.